The Hall–Kier alpha value is -1.20. The highest BCUT2D eigenvalue weighted by atomic mass is 16.6. The maximum atomic E-state index is 11.1. The van der Waals surface area contributed by atoms with Crippen LogP contribution in [0.25, 0.3) is 0 Å². The number of unbranched alkanes of at least 4 members (excludes halogenated alkanes) is 5. The van der Waals surface area contributed by atoms with Gasteiger partial charge in [0.2, 0.25) is 0 Å². The molecule has 0 aliphatic carbocycles. The summed E-state index contributed by atoms with van der Waals surface area (Å²) in [6.07, 6.45) is 7.64. The number of hydrogen-bond acceptors (Lipinski definition) is 5. The summed E-state index contributed by atoms with van der Waals surface area (Å²) in [6.45, 7) is 1.39. The lowest BCUT2D eigenvalue weighted by molar-refractivity contribution is -0.164. The smallest absolute Gasteiger partial charge is 0.345 e. The van der Waals surface area contributed by atoms with Crippen molar-refractivity contribution in [3.05, 3.63) is 12.2 Å². The molecule has 18 heavy (non-hydrogen) atoms. The average Bonchev–Trinajstić information content (AvgIpc) is 2.36. The predicted octanol–water partition coefficient (Wildman–Crippen LogP) is 1.33. The van der Waals surface area contributed by atoms with Gasteiger partial charge in [0.25, 0.3) is 0 Å². The van der Waals surface area contributed by atoms with E-state index in [1.165, 1.54) is 25.3 Å². The molecule has 0 rings (SSSR count). The van der Waals surface area contributed by atoms with Crippen molar-refractivity contribution in [2.75, 3.05) is 6.61 Å². The number of rotatable bonds is 9. The molecule has 0 heterocycles. The first-order chi connectivity index (χ1) is 8.61. The molecule has 5 nitrogen and oxygen atoms in total. The molecule has 1 unspecified atom stereocenters. The number of aliphatic hydroxyl groups excluding tert-OH is 2. The Kier molecular flexibility index (Phi) is 10.2. The van der Waals surface area contributed by atoms with Crippen LogP contribution in [0.4, 0.5) is 0 Å². The summed E-state index contributed by atoms with van der Waals surface area (Å²) in [4.78, 5) is 22.0. The van der Waals surface area contributed by atoms with Crippen molar-refractivity contribution in [1.82, 2.24) is 0 Å². The maximum Gasteiger partial charge on any atom is 0.345 e. The molecule has 0 aromatic carbocycles. The van der Waals surface area contributed by atoms with Crippen molar-refractivity contribution in [3.8, 4) is 0 Å². The Morgan fingerprint density at radius 2 is 1.89 bits per heavy atom. The van der Waals surface area contributed by atoms with E-state index in [1.54, 1.807) is 6.08 Å². The molecular weight excluding hydrogens is 236 g/mol. The monoisotopic (exact) mass is 258 g/mol. The van der Waals surface area contributed by atoms with Gasteiger partial charge >= 0.3 is 11.9 Å². The molecule has 0 aromatic heterocycles. The van der Waals surface area contributed by atoms with Gasteiger partial charge in [0.05, 0.1) is 6.61 Å². The molecule has 0 saturated carbocycles. The number of carbonyl (C=O) groups excluding carboxylic acids is 2. The zero-order chi connectivity index (χ0) is 13.8. The normalized spacial score (nSPS) is 12.6. The second-order valence-corrected chi connectivity index (χ2v) is 4.04. The van der Waals surface area contributed by atoms with Crippen molar-refractivity contribution < 1.29 is 24.5 Å². The van der Waals surface area contributed by atoms with Gasteiger partial charge < -0.3 is 14.9 Å². The highest BCUT2D eigenvalue weighted by Gasteiger charge is 2.17. The third kappa shape index (κ3) is 8.90. The van der Waals surface area contributed by atoms with E-state index in [-0.39, 0.29) is 0 Å². The van der Waals surface area contributed by atoms with Crippen LogP contribution in [0.3, 0.4) is 0 Å². The van der Waals surface area contributed by atoms with E-state index in [4.69, 9.17) is 10.2 Å². The fourth-order valence-electron chi connectivity index (χ4n) is 1.32. The first kappa shape index (κ1) is 16.8. The fraction of sp³-hybridized carbons (Fsp3) is 0.692. The molecule has 0 bridgehead atoms. The SMILES string of the molecule is CCCCCCCC=CC(=O)OC(=O)C(O)CO. The number of esters is 2. The van der Waals surface area contributed by atoms with Crippen molar-refractivity contribution in [2.45, 2.75) is 51.6 Å². The first-order valence-electron chi connectivity index (χ1n) is 6.33. The van der Waals surface area contributed by atoms with Crippen molar-refractivity contribution in [3.63, 3.8) is 0 Å². The summed E-state index contributed by atoms with van der Waals surface area (Å²) >= 11 is 0. The number of aliphatic hydroxyl groups is 2. The molecule has 0 fully saturated rings. The maximum absolute atomic E-state index is 11.1. The molecule has 5 heteroatoms. The predicted molar refractivity (Wildman–Crippen MR) is 66.7 cm³/mol. The summed E-state index contributed by atoms with van der Waals surface area (Å²) in [5.74, 6) is -1.95. The minimum Gasteiger partial charge on any atom is -0.393 e. The van der Waals surface area contributed by atoms with Crippen LogP contribution in [0, 0.1) is 0 Å². The minimum atomic E-state index is -1.66. The van der Waals surface area contributed by atoms with Crippen LogP contribution >= 0.6 is 0 Å². The van der Waals surface area contributed by atoms with E-state index in [2.05, 4.69) is 11.7 Å². The third-order valence-electron chi connectivity index (χ3n) is 2.37. The van der Waals surface area contributed by atoms with Gasteiger partial charge in [-0.3, -0.25) is 0 Å². The van der Waals surface area contributed by atoms with Gasteiger partial charge in [-0.05, 0) is 12.8 Å². The van der Waals surface area contributed by atoms with Gasteiger partial charge in [-0.25, -0.2) is 9.59 Å². The molecule has 0 saturated heterocycles. The Morgan fingerprint density at radius 1 is 1.22 bits per heavy atom. The molecule has 2 N–H and O–H groups in total. The van der Waals surface area contributed by atoms with Crippen LogP contribution in [0.2, 0.25) is 0 Å². The zero-order valence-corrected chi connectivity index (χ0v) is 10.8. The molecule has 0 aromatic rings. The van der Waals surface area contributed by atoms with E-state index in [1.807, 2.05) is 0 Å². The van der Waals surface area contributed by atoms with Gasteiger partial charge in [0, 0.05) is 6.08 Å². The van der Waals surface area contributed by atoms with E-state index in [0.717, 1.165) is 19.3 Å². The number of ether oxygens (including phenoxy) is 1. The van der Waals surface area contributed by atoms with Crippen molar-refractivity contribution >= 4 is 11.9 Å². The second kappa shape index (κ2) is 10.9. The number of allylic oxidation sites excluding steroid dienone is 1. The van der Waals surface area contributed by atoms with E-state index in [0.29, 0.717) is 0 Å². The van der Waals surface area contributed by atoms with Gasteiger partial charge in [-0.1, -0.05) is 38.7 Å². The molecular formula is C13H22O5. The minimum absolute atomic E-state index is 0.757. The highest BCUT2D eigenvalue weighted by Crippen LogP contribution is 2.05. The Morgan fingerprint density at radius 3 is 2.50 bits per heavy atom. The first-order valence-corrected chi connectivity index (χ1v) is 6.33. The van der Waals surface area contributed by atoms with Crippen LogP contribution in [0.5, 0.6) is 0 Å². The van der Waals surface area contributed by atoms with E-state index >= 15 is 0 Å². The van der Waals surface area contributed by atoms with Crippen LogP contribution in [0.15, 0.2) is 12.2 Å². The zero-order valence-electron chi connectivity index (χ0n) is 10.8. The van der Waals surface area contributed by atoms with Gasteiger partial charge in [0.15, 0.2) is 6.10 Å². The number of carbonyl (C=O) groups is 2. The van der Waals surface area contributed by atoms with E-state index in [9.17, 15) is 9.59 Å². The van der Waals surface area contributed by atoms with Crippen LogP contribution < -0.4 is 0 Å². The lowest BCUT2D eigenvalue weighted by Gasteiger charge is -2.03. The summed E-state index contributed by atoms with van der Waals surface area (Å²) in [5.41, 5.74) is 0. The summed E-state index contributed by atoms with van der Waals surface area (Å²) in [6, 6.07) is 0. The Bertz CT molecular complexity index is 273. The topological polar surface area (TPSA) is 83.8 Å². The molecule has 0 aliphatic heterocycles. The largest absolute Gasteiger partial charge is 0.393 e. The van der Waals surface area contributed by atoms with E-state index < -0.39 is 24.6 Å². The van der Waals surface area contributed by atoms with Crippen molar-refractivity contribution in [1.29, 1.82) is 0 Å². The lowest BCUT2D eigenvalue weighted by atomic mass is 10.1. The second-order valence-electron chi connectivity index (χ2n) is 4.04. The van der Waals surface area contributed by atoms with Gasteiger partial charge in [-0.2, -0.15) is 0 Å². The van der Waals surface area contributed by atoms with Crippen LogP contribution in [-0.2, 0) is 14.3 Å². The quantitative estimate of drug-likeness (QED) is 0.282. The highest BCUT2D eigenvalue weighted by molar-refractivity contribution is 5.93. The summed E-state index contributed by atoms with van der Waals surface area (Å²) < 4.78 is 4.27. The van der Waals surface area contributed by atoms with Crippen LogP contribution in [0.1, 0.15) is 45.4 Å². The third-order valence-corrected chi connectivity index (χ3v) is 2.37. The molecule has 0 amide bonds. The van der Waals surface area contributed by atoms with Crippen LogP contribution in [-0.4, -0.2) is 34.9 Å². The fourth-order valence-corrected chi connectivity index (χ4v) is 1.32. The summed E-state index contributed by atoms with van der Waals surface area (Å²) in [7, 11) is 0. The average molecular weight is 258 g/mol. The molecule has 1 atom stereocenters. The molecule has 0 radical (unpaired) electrons. The van der Waals surface area contributed by atoms with Gasteiger partial charge in [0.1, 0.15) is 0 Å². The molecule has 104 valence electrons. The standard InChI is InChI=1S/C13H22O5/c1-2-3-4-5-6-7-8-9-12(16)18-13(17)11(15)10-14/h8-9,11,14-15H,2-7,10H2,1H3. The summed E-state index contributed by atoms with van der Waals surface area (Å²) in [5, 5.41) is 17.3. The Balaban J connectivity index is 3.65. The van der Waals surface area contributed by atoms with Gasteiger partial charge in [-0.15, -0.1) is 0 Å². The number of hydrogen-bond donors (Lipinski definition) is 2. The Labute approximate surface area is 107 Å². The lowest BCUT2D eigenvalue weighted by Crippen LogP contribution is -2.28. The van der Waals surface area contributed by atoms with Crippen molar-refractivity contribution in [2.24, 2.45) is 0 Å². The molecule has 0 spiro atoms. The molecule has 0 aliphatic rings.